The summed E-state index contributed by atoms with van der Waals surface area (Å²) in [6.07, 6.45) is 1.07. The van der Waals surface area contributed by atoms with Crippen LogP contribution < -0.4 is 4.74 Å². The van der Waals surface area contributed by atoms with Gasteiger partial charge in [0.05, 0.1) is 17.0 Å². The van der Waals surface area contributed by atoms with E-state index in [-0.39, 0.29) is 16.5 Å². The maximum absolute atomic E-state index is 12.7. The average Bonchev–Trinajstić information content (AvgIpc) is 2.66. The summed E-state index contributed by atoms with van der Waals surface area (Å²) in [6.45, 7) is 3.71. The predicted octanol–water partition coefficient (Wildman–Crippen LogP) is 4.59. The molecule has 0 N–H and O–H groups in total. The molecule has 0 amide bonds. The third kappa shape index (κ3) is 5.12. The van der Waals surface area contributed by atoms with Crippen molar-refractivity contribution in [1.82, 2.24) is 9.97 Å². The smallest absolute Gasteiger partial charge is 0.364 e. The average molecular weight is 451 g/mol. The lowest BCUT2D eigenvalue weighted by Crippen LogP contribution is -2.17. The number of aromatic nitrogens is 2. The van der Waals surface area contributed by atoms with E-state index in [1.807, 2.05) is 13.0 Å². The monoisotopic (exact) mass is 450 g/mol. The third-order valence-electron chi connectivity index (χ3n) is 4.00. The van der Waals surface area contributed by atoms with Gasteiger partial charge in [-0.1, -0.05) is 53.0 Å². The predicted molar refractivity (Wildman–Crippen MR) is 110 cm³/mol. The molecule has 0 saturated carbocycles. The first-order chi connectivity index (χ1) is 13.7. The van der Waals surface area contributed by atoms with Crippen molar-refractivity contribution >= 4 is 39.0 Å². The number of rotatable bonds is 5. The van der Waals surface area contributed by atoms with E-state index in [1.165, 1.54) is 0 Å². The van der Waals surface area contributed by atoms with Crippen LogP contribution in [0, 0.1) is 13.8 Å². The standard InChI is InChI=1S/C20H16Cl2N2O4S/c1-12-3-8-17(13(2)9-12)28-19(25)18-16(22)10-23-20(24-18)29(26,27)11-14-4-6-15(21)7-5-14/h3-10H,11H2,1-2H3. The molecular formula is C20H16Cl2N2O4S. The topological polar surface area (TPSA) is 86.2 Å². The first-order valence-electron chi connectivity index (χ1n) is 8.45. The van der Waals surface area contributed by atoms with E-state index in [9.17, 15) is 13.2 Å². The van der Waals surface area contributed by atoms with Crippen LogP contribution in [-0.4, -0.2) is 24.4 Å². The van der Waals surface area contributed by atoms with Gasteiger partial charge in [0.15, 0.2) is 5.69 Å². The molecule has 2 aromatic carbocycles. The van der Waals surface area contributed by atoms with E-state index in [1.54, 1.807) is 43.3 Å². The van der Waals surface area contributed by atoms with Crippen molar-refractivity contribution in [3.8, 4) is 5.75 Å². The first-order valence-corrected chi connectivity index (χ1v) is 10.9. The van der Waals surface area contributed by atoms with E-state index in [2.05, 4.69) is 9.97 Å². The number of benzene rings is 2. The van der Waals surface area contributed by atoms with E-state index < -0.39 is 21.0 Å². The fourth-order valence-electron chi connectivity index (χ4n) is 2.57. The van der Waals surface area contributed by atoms with Crippen LogP contribution in [0.3, 0.4) is 0 Å². The molecule has 1 heterocycles. The van der Waals surface area contributed by atoms with Gasteiger partial charge in [0.25, 0.3) is 0 Å². The van der Waals surface area contributed by atoms with Crippen molar-refractivity contribution in [3.05, 3.63) is 81.1 Å². The van der Waals surface area contributed by atoms with Gasteiger partial charge in [-0.15, -0.1) is 0 Å². The minimum atomic E-state index is -3.92. The summed E-state index contributed by atoms with van der Waals surface area (Å²) in [5, 5.41) is -0.125. The summed E-state index contributed by atoms with van der Waals surface area (Å²) in [5.41, 5.74) is 1.95. The number of aryl methyl sites for hydroxylation is 2. The zero-order valence-corrected chi connectivity index (χ0v) is 17.8. The summed E-state index contributed by atoms with van der Waals surface area (Å²) in [4.78, 5) is 20.2. The molecule has 0 spiro atoms. The van der Waals surface area contributed by atoms with Crippen LogP contribution in [0.2, 0.25) is 10.0 Å². The quantitative estimate of drug-likeness (QED) is 0.320. The number of nitrogens with zero attached hydrogens (tertiary/aromatic N) is 2. The highest BCUT2D eigenvalue weighted by molar-refractivity contribution is 7.90. The van der Waals surface area contributed by atoms with Crippen LogP contribution in [0.25, 0.3) is 0 Å². The molecule has 0 radical (unpaired) electrons. The lowest BCUT2D eigenvalue weighted by molar-refractivity contribution is 0.0726. The maximum Gasteiger partial charge on any atom is 0.364 e. The fraction of sp³-hybridized carbons (Fsp3) is 0.150. The molecule has 0 aliphatic carbocycles. The Morgan fingerprint density at radius 2 is 1.76 bits per heavy atom. The first kappa shape index (κ1) is 21.2. The number of hydrogen-bond acceptors (Lipinski definition) is 6. The summed E-state index contributed by atoms with van der Waals surface area (Å²) in [5.74, 6) is -0.884. The van der Waals surface area contributed by atoms with Crippen LogP contribution in [0.4, 0.5) is 0 Å². The SMILES string of the molecule is Cc1ccc(OC(=O)c2nc(S(=O)(=O)Cc3ccc(Cl)cc3)ncc2Cl)c(C)c1. The van der Waals surface area contributed by atoms with Crippen molar-refractivity contribution in [2.45, 2.75) is 24.8 Å². The Morgan fingerprint density at radius 3 is 2.41 bits per heavy atom. The number of sulfone groups is 1. The Hall–Kier alpha value is -2.48. The second-order valence-electron chi connectivity index (χ2n) is 6.39. The molecule has 1 aromatic heterocycles. The number of ether oxygens (including phenoxy) is 1. The Kier molecular flexibility index (Phi) is 6.21. The molecule has 0 bridgehead atoms. The number of esters is 1. The van der Waals surface area contributed by atoms with Crippen molar-refractivity contribution in [2.75, 3.05) is 0 Å². The Labute approximate surface area is 178 Å². The van der Waals surface area contributed by atoms with Gasteiger partial charge in [-0.05, 0) is 43.2 Å². The van der Waals surface area contributed by atoms with Gasteiger partial charge in [0.2, 0.25) is 15.0 Å². The summed E-state index contributed by atoms with van der Waals surface area (Å²) < 4.78 is 30.7. The minimum absolute atomic E-state index is 0.106. The largest absolute Gasteiger partial charge is 0.421 e. The molecule has 0 atom stereocenters. The van der Waals surface area contributed by atoms with Crippen LogP contribution in [0.1, 0.15) is 27.2 Å². The van der Waals surface area contributed by atoms with Gasteiger partial charge in [-0.3, -0.25) is 0 Å². The lowest BCUT2D eigenvalue weighted by atomic mass is 10.1. The molecule has 29 heavy (non-hydrogen) atoms. The van der Waals surface area contributed by atoms with E-state index in [0.717, 1.165) is 17.3 Å². The summed E-state index contributed by atoms with van der Waals surface area (Å²) in [7, 11) is -3.92. The Morgan fingerprint density at radius 1 is 1.07 bits per heavy atom. The molecule has 0 saturated heterocycles. The Balaban J connectivity index is 1.88. The highest BCUT2D eigenvalue weighted by atomic mass is 35.5. The van der Waals surface area contributed by atoms with Crippen molar-refractivity contribution < 1.29 is 17.9 Å². The van der Waals surface area contributed by atoms with Crippen LogP contribution in [0.15, 0.2) is 53.8 Å². The van der Waals surface area contributed by atoms with Gasteiger partial charge in [-0.2, -0.15) is 0 Å². The van der Waals surface area contributed by atoms with Gasteiger partial charge in [0.1, 0.15) is 5.75 Å². The zero-order valence-electron chi connectivity index (χ0n) is 15.5. The van der Waals surface area contributed by atoms with Crippen molar-refractivity contribution in [3.63, 3.8) is 0 Å². The van der Waals surface area contributed by atoms with E-state index in [4.69, 9.17) is 27.9 Å². The van der Waals surface area contributed by atoms with Gasteiger partial charge in [0, 0.05) is 5.02 Å². The normalized spacial score (nSPS) is 11.3. The number of hydrogen-bond donors (Lipinski definition) is 0. The highest BCUT2D eigenvalue weighted by Crippen LogP contribution is 2.23. The number of carbonyl (C=O) groups is 1. The fourth-order valence-corrected chi connectivity index (χ4v) is 4.07. The molecule has 6 nitrogen and oxygen atoms in total. The molecule has 150 valence electrons. The van der Waals surface area contributed by atoms with Gasteiger partial charge < -0.3 is 4.74 Å². The third-order valence-corrected chi connectivity index (χ3v) is 5.99. The lowest BCUT2D eigenvalue weighted by Gasteiger charge is -2.09. The molecule has 0 aliphatic heterocycles. The minimum Gasteiger partial charge on any atom is -0.421 e. The Bertz CT molecular complexity index is 1180. The van der Waals surface area contributed by atoms with Crippen molar-refractivity contribution in [2.24, 2.45) is 0 Å². The van der Waals surface area contributed by atoms with Crippen LogP contribution >= 0.6 is 23.2 Å². The van der Waals surface area contributed by atoms with Crippen molar-refractivity contribution in [1.29, 1.82) is 0 Å². The molecule has 3 aromatic rings. The maximum atomic E-state index is 12.7. The molecular weight excluding hydrogens is 435 g/mol. The highest BCUT2D eigenvalue weighted by Gasteiger charge is 2.24. The van der Waals surface area contributed by atoms with Crippen LogP contribution in [-0.2, 0) is 15.6 Å². The molecule has 9 heteroatoms. The summed E-state index contributed by atoms with van der Waals surface area (Å²) >= 11 is 11.8. The number of carbonyl (C=O) groups excluding carboxylic acids is 1. The molecule has 0 aliphatic rings. The second kappa shape index (κ2) is 8.49. The summed E-state index contributed by atoms with van der Waals surface area (Å²) in [6, 6.07) is 11.6. The molecule has 0 unspecified atom stereocenters. The van der Waals surface area contributed by atoms with Crippen LogP contribution in [0.5, 0.6) is 5.75 Å². The number of halogens is 2. The molecule has 0 fully saturated rings. The second-order valence-corrected chi connectivity index (χ2v) is 9.12. The zero-order chi connectivity index (χ0) is 21.2. The van der Waals surface area contributed by atoms with Gasteiger partial charge >= 0.3 is 5.97 Å². The van der Waals surface area contributed by atoms with Gasteiger partial charge in [-0.25, -0.2) is 23.2 Å². The van der Waals surface area contributed by atoms with E-state index >= 15 is 0 Å². The molecule has 3 rings (SSSR count). The van der Waals surface area contributed by atoms with E-state index in [0.29, 0.717) is 16.3 Å².